The van der Waals surface area contributed by atoms with E-state index in [9.17, 15) is 0 Å². The van der Waals surface area contributed by atoms with Crippen LogP contribution in [0, 0.1) is 17.3 Å². The lowest BCUT2D eigenvalue weighted by Gasteiger charge is -2.56. The third-order valence-electron chi connectivity index (χ3n) is 5.04. The van der Waals surface area contributed by atoms with Crippen LogP contribution in [0.4, 0.5) is 0 Å². The van der Waals surface area contributed by atoms with Gasteiger partial charge in [0.05, 0.1) is 6.10 Å². The van der Waals surface area contributed by atoms with Gasteiger partial charge in [-0.1, -0.05) is 34.1 Å². The summed E-state index contributed by atoms with van der Waals surface area (Å²) in [5.74, 6) is 1.53. The third kappa shape index (κ3) is 1.80. The molecule has 94 valence electrons. The molecule has 0 spiro atoms. The Kier molecular flexibility index (Phi) is 3.33. The predicted molar refractivity (Wildman–Crippen MR) is 67.5 cm³/mol. The number of rotatable bonds is 4. The van der Waals surface area contributed by atoms with Crippen LogP contribution in [0.3, 0.4) is 0 Å². The van der Waals surface area contributed by atoms with Crippen molar-refractivity contribution in [2.24, 2.45) is 17.3 Å². The van der Waals surface area contributed by atoms with Gasteiger partial charge < -0.3 is 10.1 Å². The Bertz CT molecular complexity index is 251. The van der Waals surface area contributed by atoms with Gasteiger partial charge in [-0.25, -0.2) is 0 Å². The van der Waals surface area contributed by atoms with E-state index in [4.69, 9.17) is 4.74 Å². The Morgan fingerprint density at radius 2 is 2.06 bits per heavy atom. The first-order valence-electron chi connectivity index (χ1n) is 6.86. The highest BCUT2D eigenvalue weighted by molar-refractivity contribution is 5.11. The van der Waals surface area contributed by atoms with Crippen LogP contribution in [0.5, 0.6) is 0 Å². The fraction of sp³-hybridized carbons (Fsp3) is 1.00. The summed E-state index contributed by atoms with van der Waals surface area (Å²) < 4.78 is 5.83. The largest absolute Gasteiger partial charge is 0.377 e. The van der Waals surface area contributed by atoms with Crippen molar-refractivity contribution >= 4 is 0 Å². The summed E-state index contributed by atoms with van der Waals surface area (Å²) in [6.07, 6.45) is 3.01. The monoisotopic (exact) mass is 225 g/mol. The topological polar surface area (TPSA) is 21.3 Å². The molecule has 5 atom stereocenters. The summed E-state index contributed by atoms with van der Waals surface area (Å²) in [6.45, 7) is 12.6. The predicted octanol–water partition coefficient (Wildman–Crippen LogP) is 2.82. The molecule has 1 heterocycles. The molecule has 1 aliphatic heterocycles. The summed E-state index contributed by atoms with van der Waals surface area (Å²) in [5, 5.41) is 3.85. The van der Waals surface area contributed by atoms with Gasteiger partial charge in [-0.05, 0) is 19.3 Å². The van der Waals surface area contributed by atoms with Gasteiger partial charge in [0.1, 0.15) is 0 Å². The zero-order chi connectivity index (χ0) is 11.9. The zero-order valence-electron chi connectivity index (χ0n) is 11.4. The van der Waals surface area contributed by atoms with Crippen molar-refractivity contribution in [2.45, 2.75) is 65.6 Å². The SMILES string of the molecule is CCC(C)C(C)NC1C2CCOC2C1(C)C. The minimum absolute atomic E-state index is 0.322. The van der Waals surface area contributed by atoms with E-state index in [2.05, 4.69) is 39.9 Å². The second-order valence-corrected chi connectivity index (χ2v) is 6.38. The van der Waals surface area contributed by atoms with Crippen LogP contribution in [-0.2, 0) is 4.74 Å². The molecular weight excluding hydrogens is 198 g/mol. The first-order valence-corrected chi connectivity index (χ1v) is 6.86. The highest BCUT2D eigenvalue weighted by atomic mass is 16.5. The molecule has 2 aliphatic rings. The number of hydrogen-bond acceptors (Lipinski definition) is 2. The average Bonchev–Trinajstić information content (AvgIpc) is 2.70. The lowest BCUT2D eigenvalue weighted by molar-refractivity contribution is -0.116. The molecule has 2 fully saturated rings. The Morgan fingerprint density at radius 3 is 2.69 bits per heavy atom. The van der Waals surface area contributed by atoms with E-state index in [-0.39, 0.29) is 0 Å². The van der Waals surface area contributed by atoms with Gasteiger partial charge in [0, 0.05) is 30.0 Å². The van der Waals surface area contributed by atoms with Crippen LogP contribution in [0.2, 0.25) is 0 Å². The molecule has 0 bridgehead atoms. The molecule has 0 aromatic rings. The van der Waals surface area contributed by atoms with Gasteiger partial charge in [-0.2, -0.15) is 0 Å². The first kappa shape index (κ1) is 12.4. The maximum Gasteiger partial charge on any atom is 0.0685 e. The van der Waals surface area contributed by atoms with Gasteiger partial charge in [0.25, 0.3) is 0 Å². The van der Waals surface area contributed by atoms with E-state index < -0.39 is 0 Å². The Morgan fingerprint density at radius 1 is 1.38 bits per heavy atom. The lowest BCUT2D eigenvalue weighted by Crippen LogP contribution is -2.67. The highest BCUT2D eigenvalue weighted by Gasteiger charge is 2.59. The van der Waals surface area contributed by atoms with Gasteiger partial charge in [-0.15, -0.1) is 0 Å². The summed E-state index contributed by atoms with van der Waals surface area (Å²) in [6, 6.07) is 1.28. The second kappa shape index (κ2) is 4.30. The molecule has 1 N–H and O–H groups in total. The molecule has 5 unspecified atom stereocenters. The maximum absolute atomic E-state index is 5.83. The van der Waals surface area contributed by atoms with Crippen molar-refractivity contribution in [3.8, 4) is 0 Å². The number of nitrogens with one attached hydrogen (secondary N) is 1. The van der Waals surface area contributed by atoms with E-state index in [1.54, 1.807) is 0 Å². The highest BCUT2D eigenvalue weighted by Crippen LogP contribution is 2.52. The summed E-state index contributed by atoms with van der Waals surface area (Å²) >= 11 is 0. The van der Waals surface area contributed by atoms with Crippen molar-refractivity contribution in [1.82, 2.24) is 5.32 Å². The van der Waals surface area contributed by atoms with Crippen molar-refractivity contribution in [1.29, 1.82) is 0 Å². The maximum atomic E-state index is 5.83. The molecule has 0 radical (unpaired) electrons. The van der Waals surface area contributed by atoms with E-state index in [1.165, 1.54) is 12.8 Å². The molecular formula is C14H27NO. The smallest absolute Gasteiger partial charge is 0.0685 e. The Hall–Kier alpha value is -0.0800. The zero-order valence-corrected chi connectivity index (χ0v) is 11.4. The van der Waals surface area contributed by atoms with Gasteiger partial charge in [0.2, 0.25) is 0 Å². The number of fused-ring (bicyclic) bond motifs is 1. The van der Waals surface area contributed by atoms with Crippen molar-refractivity contribution in [2.75, 3.05) is 6.61 Å². The molecule has 0 aromatic heterocycles. The van der Waals surface area contributed by atoms with E-state index >= 15 is 0 Å². The average molecular weight is 225 g/mol. The molecule has 2 nitrogen and oxygen atoms in total. The molecule has 1 saturated heterocycles. The van der Waals surface area contributed by atoms with Gasteiger partial charge in [0.15, 0.2) is 0 Å². The minimum Gasteiger partial charge on any atom is -0.377 e. The summed E-state index contributed by atoms with van der Waals surface area (Å²) in [7, 11) is 0. The van der Waals surface area contributed by atoms with Crippen LogP contribution < -0.4 is 5.32 Å². The molecule has 16 heavy (non-hydrogen) atoms. The Labute approximate surface area is 100 Å². The quantitative estimate of drug-likeness (QED) is 0.794. The summed E-state index contributed by atoms with van der Waals surface area (Å²) in [5.41, 5.74) is 0.322. The van der Waals surface area contributed by atoms with Crippen LogP contribution in [0.1, 0.15) is 47.5 Å². The Balaban J connectivity index is 1.95. The van der Waals surface area contributed by atoms with E-state index in [0.717, 1.165) is 18.4 Å². The minimum atomic E-state index is 0.322. The van der Waals surface area contributed by atoms with Crippen LogP contribution in [0.15, 0.2) is 0 Å². The molecule has 1 saturated carbocycles. The standard InChI is InChI=1S/C14H27NO/c1-6-9(2)10(3)15-12-11-7-8-16-13(11)14(12,4)5/h9-13,15H,6-8H2,1-5H3. The fourth-order valence-electron chi connectivity index (χ4n) is 3.46. The molecule has 0 aromatic carbocycles. The molecule has 2 heteroatoms. The second-order valence-electron chi connectivity index (χ2n) is 6.38. The fourth-order valence-corrected chi connectivity index (χ4v) is 3.46. The number of hydrogen-bond donors (Lipinski definition) is 1. The van der Waals surface area contributed by atoms with Crippen molar-refractivity contribution in [3.05, 3.63) is 0 Å². The molecule has 0 amide bonds. The first-order chi connectivity index (χ1) is 7.48. The van der Waals surface area contributed by atoms with Crippen LogP contribution >= 0.6 is 0 Å². The van der Waals surface area contributed by atoms with Gasteiger partial charge >= 0.3 is 0 Å². The van der Waals surface area contributed by atoms with E-state index in [0.29, 0.717) is 23.6 Å². The van der Waals surface area contributed by atoms with Crippen LogP contribution in [-0.4, -0.2) is 24.8 Å². The molecule has 1 aliphatic carbocycles. The third-order valence-corrected chi connectivity index (χ3v) is 5.04. The van der Waals surface area contributed by atoms with E-state index in [1.807, 2.05) is 0 Å². The van der Waals surface area contributed by atoms with Crippen molar-refractivity contribution in [3.63, 3.8) is 0 Å². The normalized spacial score (nSPS) is 39.9. The van der Waals surface area contributed by atoms with Crippen molar-refractivity contribution < 1.29 is 4.74 Å². The number of ether oxygens (including phenoxy) is 1. The lowest BCUT2D eigenvalue weighted by atomic mass is 9.57. The van der Waals surface area contributed by atoms with Gasteiger partial charge in [-0.3, -0.25) is 0 Å². The summed E-state index contributed by atoms with van der Waals surface area (Å²) in [4.78, 5) is 0. The molecule has 2 rings (SSSR count). The van der Waals surface area contributed by atoms with Crippen LogP contribution in [0.25, 0.3) is 0 Å².